The zero-order valence-corrected chi connectivity index (χ0v) is 16.5. The van der Waals surface area contributed by atoms with E-state index in [9.17, 15) is 4.79 Å². The smallest absolute Gasteiger partial charge is 0.244 e. The predicted octanol–water partition coefficient (Wildman–Crippen LogP) is 4.26. The topological polar surface area (TPSA) is 56.8 Å². The molecule has 0 radical (unpaired) electrons. The van der Waals surface area contributed by atoms with Crippen molar-refractivity contribution in [3.63, 3.8) is 0 Å². The number of halogens is 1. The second kappa shape index (κ2) is 10.5. The van der Waals surface area contributed by atoms with Crippen molar-refractivity contribution in [1.82, 2.24) is 5.32 Å². The molecule has 144 valence electrons. The van der Waals surface area contributed by atoms with Gasteiger partial charge in [0.15, 0.2) is 11.5 Å². The maximum Gasteiger partial charge on any atom is 0.244 e. The molecule has 0 aromatic heterocycles. The lowest BCUT2D eigenvalue weighted by Gasteiger charge is -2.11. The number of nitrogens with one attached hydrogen (secondary N) is 1. The highest BCUT2D eigenvalue weighted by Gasteiger charge is 2.10. The Hall–Kier alpha value is -2.66. The number of aryl methyl sites for hydroxylation is 1. The molecule has 1 amide bonds. The van der Waals surface area contributed by atoms with Crippen molar-refractivity contribution in [3.8, 4) is 17.2 Å². The summed E-state index contributed by atoms with van der Waals surface area (Å²) in [6.45, 7) is 5.18. The van der Waals surface area contributed by atoms with Gasteiger partial charge in [0.05, 0.1) is 25.3 Å². The molecule has 0 bridgehead atoms. The fraction of sp³-hybridized carbons (Fsp3) is 0.286. The summed E-state index contributed by atoms with van der Waals surface area (Å²) in [4.78, 5) is 11.9. The first-order valence-electron chi connectivity index (χ1n) is 8.69. The molecule has 0 heterocycles. The van der Waals surface area contributed by atoms with Crippen molar-refractivity contribution in [3.05, 3.63) is 58.6 Å². The lowest BCUT2D eigenvalue weighted by atomic mass is 10.2. The molecule has 0 aliphatic heterocycles. The van der Waals surface area contributed by atoms with E-state index in [1.54, 1.807) is 18.2 Å². The van der Waals surface area contributed by atoms with Crippen LogP contribution in [0.3, 0.4) is 0 Å². The summed E-state index contributed by atoms with van der Waals surface area (Å²) in [6, 6.07) is 11.3. The van der Waals surface area contributed by atoms with E-state index < -0.39 is 0 Å². The van der Waals surface area contributed by atoms with Crippen LogP contribution in [0.4, 0.5) is 0 Å². The van der Waals surface area contributed by atoms with Crippen molar-refractivity contribution in [2.75, 3.05) is 26.9 Å². The molecule has 0 saturated carbocycles. The van der Waals surface area contributed by atoms with Gasteiger partial charge in [0, 0.05) is 6.08 Å². The minimum absolute atomic E-state index is 0.215. The van der Waals surface area contributed by atoms with Crippen LogP contribution in [0.25, 0.3) is 6.08 Å². The van der Waals surface area contributed by atoms with Crippen LogP contribution in [0, 0.1) is 6.92 Å². The van der Waals surface area contributed by atoms with Crippen molar-refractivity contribution in [2.24, 2.45) is 0 Å². The van der Waals surface area contributed by atoms with E-state index in [2.05, 4.69) is 5.32 Å². The highest BCUT2D eigenvalue weighted by atomic mass is 35.5. The molecule has 2 rings (SSSR count). The first kappa shape index (κ1) is 20.6. The van der Waals surface area contributed by atoms with Crippen LogP contribution in [0.2, 0.25) is 5.02 Å². The molecule has 5 nitrogen and oxygen atoms in total. The van der Waals surface area contributed by atoms with E-state index in [1.165, 1.54) is 18.7 Å². The molecular formula is C21H24ClNO4. The molecule has 0 spiro atoms. The average molecular weight is 390 g/mol. The summed E-state index contributed by atoms with van der Waals surface area (Å²) in [5.74, 6) is 1.58. The Kier molecular flexibility index (Phi) is 8.01. The molecule has 0 fully saturated rings. The maximum atomic E-state index is 11.9. The van der Waals surface area contributed by atoms with E-state index in [1.807, 2.05) is 38.1 Å². The van der Waals surface area contributed by atoms with Gasteiger partial charge in [0.1, 0.15) is 12.4 Å². The minimum Gasteiger partial charge on any atom is -0.492 e. The van der Waals surface area contributed by atoms with Gasteiger partial charge in [0.2, 0.25) is 5.91 Å². The zero-order valence-electron chi connectivity index (χ0n) is 15.8. The van der Waals surface area contributed by atoms with Crippen molar-refractivity contribution in [2.45, 2.75) is 13.8 Å². The van der Waals surface area contributed by atoms with E-state index in [-0.39, 0.29) is 5.91 Å². The molecule has 0 unspecified atom stereocenters. The van der Waals surface area contributed by atoms with Crippen LogP contribution in [-0.4, -0.2) is 32.8 Å². The third-order valence-electron chi connectivity index (χ3n) is 3.65. The fourth-order valence-electron chi connectivity index (χ4n) is 2.35. The van der Waals surface area contributed by atoms with Gasteiger partial charge >= 0.3 is 0 Å². The fourth-order valence-corrected chi connectivity index (χ4v) is 2.65. The first-order chi connectivity index (χ1) is 13.0. The van der Waals surface area contributed by atoms with Gasteiger partial charge in [0.25, 0.3) is 0 Å². The van der Waals surface area contributed by atoms with Gasteiger partial charge < -0.3 is 19.5 Å². The molecule has 0 aliphatic rings. The van der Waals surface area contributed by atoms with Crippen LogP contribution in [0.1, 0.15) is 18.1 Å². The summed E-state index contributed by atoms with van der Waals surface area (Å²) in [5, 5.41) is 3.20. The number of ether oxygens (including phenoxy) is 3. The Morgan fingerprint density at radius 3 is 2.59 bits per heavy atom. The largest absolute Gasteiger partial charge is 0.492 e. The third kappa shape index (κ3) is 6.53. The minimum atomic E-state index is -0.215. The summed E-state index contributed by atoms with van der Waals surface area (Å²) in [7, 11) is 1.53. The molecular weight excluding hydrogens is 366 g/mol. The van der Waals surface area contributed by atoms with Crippen molar-refractivity contribution < 1.29 is 19.0 Å². The zero-order chi connectivity index (χ0) is 19.6. The van der Waals surface area contributed by atoms with E-state index in [0.29, 0.717) is 36.3 Å². The van der Waals surface area contributed by atoms with Gasteiger partial charge in [-0.1, -0.05) is 29.3 Å². The van der Waals surface area contributed by atoms with Crippen LogP contribution in [-0.2, 0) is 4.79 Å². The third-order valence-corrected chi connectivity index (χ3v) is 3.93. The second-order valence-electron chi connectivity index (χ2n) is 5.75. The number of hydrogen-bond donors (Lipinski definition) is 1. The predicted molar refractivity (Wildman–Crippen MR) is 108 cm³/mol. The Bertz CT molecular complexity index is 788. The van der Waals surface area contributed by atoms with Crippen molar-refractivity contribution >= 4 is 23.6 Å². The highest BCUT2D eigenvalue weighted by Crippen LogP contribution is 2.36. The van der Waals surface area contributed by atoms with Crippen LogP contribution < -0.4 is 19.5 Å². The molecule has 0 saturated heterocycles. The molecule has 2 aromatic rings. The Morgan fingerprint density at radius 2 is 1.93 bits per heavy atom. The number of carbonyl (C=O) groups is 1. The monoisotopic (exact) mass is 389 g/mol. The Balaban J connectivity index is 1.85. The quantitative estimate of drug-likeness (QED) is 0.514. The highest BCUT2D eigenvalue weighted by molar-refractivity contribution is 6.32. The van der Waals surface area contributed by atoms with Crippen molar-refractivity contribution in [1.29, 1.82) is 0 Å². The van der Waals surface area contributed by atoms with E-state index in [0.717, 1.165) is 11.3 Å². The van der Waals surface area contributed by atoms with Gasteiger partial charge in [-0.15, -0.1) is 0 Å². The lowest BCUT2D eigenvalue weighted by molar-refractivity contribution is -0.116. The Labute approximate surface area is 164 Å². The SMILES string of the molecule is CCOc1cc(/C=C/C(=O)NCCOc2ccc(C)cc2)cc(Cl)c1OC. The van der Waals surface area contributed by atoms with E-state index in [4.69, 9.17) is 25.8 Å². The summed E-state index contributed by atoms with van der Waals surface area (Å²) in [5.41, 5.74) is 1.92. The summed E-state index contributed by atoms with van der Waals surface area (Å²) >= 11 is 6.20. The van der Waals surface area contributed by atoms with Crippen LogP contribution in [0.15, 0.2) is 42.5 Å². The summed E-state index contributed by atoms with van der Waals surface area (Å²) < 4.78 is 16.3. The second-order valence-corrected chi connectivity index (χ2v) is 6.16. The number of amides is 1. The average Bonchev–Trinajstić information content (AvgIpc) is 2.65. The molecule has 2 aromatic carbocycles. The number of hydrogen-bond acceptors (Lipinski definition) is 4. The normalized spacial score (nSPS) is 10.7. The number of benzene rings is 2. The number of methoxy groups -OCH3 is 1. The van der Waals surface area contributed by atoms with Gasteiger partial charge in [-0.2, -0.15) is 0 Å². The van der Waals surface area contributed by atoms with E-state index >= 15 is 0 Å². The van der Waals surface area contributed by atoms with Crippen LogP contribution in [0.5, 0.6) is 17.2 Å². The summed E-state index contributed by atoms with van der Waals surface area (Å²) in [6.07, 6.45) is 3.11. The molecule has 0 aliphatic carbocycles. The molecule has 27 heavy (non-hydrogen) atoms. The van der Waals surface area contributed by atoms with Gasteiger partial charge in [-0.25, -0.2) is 0 Å². The molecule has 0 atom stereocenters. The molecule has 6 heteroatoms. The first-order valence-corrected chi connectivity index (χ1v) is 9.07. The van der Waals surface area contributed by atoms with Crippen LogP contribution >= 0.6 is 11.6 Å². The molecule has 1 N–H and O–H groups in total. The number of carbonyl (C=O) groups excluding carboxylic acids is 1. The lowest BCUT2D eigenvalue weighted by Crippen LogP contribution is -2.26. The Morgan fingerprint density at radius 1 is 1.19 bits per heavy atom. The standard InChI is InChI=1S/C21H24ClNO4/c1-4-26-19-14-16(13-18(22)21(19)25-3)7-10-20(24)23-11-12-27-17-8-5-15(2)6-9-17/h5-10,13-14H,4,11-12H2,1-3H3,(H,23,24)/b10-7+. The number of rotatable bonds is 9. The van der Waals surface area contributed by atoms with Gasteiger partial charge in [-0.05, 0) is 49.8 Å². The maximum absolute atomic E-state index is 11.9. The van der Waals surface area contributed by atoms with Gasteiger partial charge in [-0.3, -0.25) is 4.79 Å².